The summed E-state index contributed by atoms with van der Waals surface area (Å²) < 4.78 is 0. The molecular weight excluding hydrogens is 480 g/mol. The number of rotatable bonds is 14. The number of amides is 3. The van der Waals surface area contributed by atoms with Gasteiger partial charge in [-0.1, -0.05) is 44.2 Å². The van der Waals surface area contributed by atoms with Gasteiger partial charge in [0.05, 0.1) is 18.5 Å². The fourth-order valence-corrected chi connectivity index (χ4v) is 3.68. The van der Waals surface area contributed by atoms with E-state index in [1.165, 1.54) is 19.4 Å². The van der Waals surface area contributed by atoms with Crippen LogP contribution in [0.25, 0.3) is 0 Å². The van der Waals surface area contributed by atoms with Crippen molar-refractivity contribution in [1.29, 1.82) is 0 Å². The molecule has 37 heavy (non-hydrogen) atoms. The van der Waals surface area contributed by atoms with Crippen LogP contribution in [0.1, 0.15) is 38.4 Å². The van der Waals surface area contributed by atoms with E-state index >= 15 is 0 Å². The van der Waals surface area contributed by atoms with Gasteiger partial charge in [0.15, 0.2) is 0 Å². The second kappa shape index (κ2) is 14.1. The van der Waals surface area contributed by atoms with Crippen LogP contribution in [0, 0.1) is 5.92 Å². The van der Waals surface area contributed by atoms with Crippen molar-refractivity contribution in [3.63, 3.8) is 0 Å². The third kappa shape index (κ3) is 9.66. The predicted molar refractivity (Wildman–Crippen MR) is 135 cm³/mol. The second-order valence-corrected chi connectivity index (χ2v) is 9.39. The van der Waals surface area contributed by atoms with Crippen molar-refractivity contribution in [3.8, 4) is 0 Å². The Morgan fingerprint density at radius 2 is 1.59 bits per heavy atom. The van der Waals surface area contributed by atoms with Gasteiger partial charge in [-0.3, -0.25) is 14.4 Å². The maximum atomic E-state index is 13.1. The fourth-order valence-electron chi connectivity index (χ4n) is 3.68. The summed E-state index contributed by atoms with van der Waals surface area (Å²) >= 11 is 0. The number of carbonyl (C=O) groups excluding carboxylic acids is 3. The van der Waals surface area contributed by atoms with E-state index in [2.05, 4.69) is 25.9 Å². The number of carboxylic acid groups (broad SMARTS) is 1. The Morgan fingerprint density at radius 1 is 0.946 bits per heavy atom. The molecule has 12 nitrogen and oxygen atoms in total. The van der Waals surface area contributed by atoms with Crippen LogP contribution >= 0.6 is 0 Å². The van der Waals surface area contributed by atoms with Crippen LogP contribution in [0.4, 0.5) is 0 Å². The predicted octanol–water partition coefficient (Wildman–Crippen LogP) is -0.512. The van der Waals surface area contributed by atoms with Gasteiger partial charge in [-0.2, -0.15) is 0 Å². The van der Waals surface area contributed by atoms with Crippen LogP contribution in [-0.2, 0) is 32.0 Å². The lowest BCUT2D eigenvalue weighted by Gasteiger charge is -2.26. The van der Waals surface area contributed by atoms with Crippen LogP contribution < -0.4 is 21.7 Å². The summed E-state index contributed by atoms with van der Waals surface area (Å²) in [7, 11) is 0. The molecule has 0 aliphatic rings. The third-order valence-corrected chi connectivity index (χ3v) is 5.63. The minimum Gasteiger partial charge on any atom is -0.480 e. The number of aliphatic carboxylic acids is 1. The first-order valence-electron chi connectivity index (χ1n) is 12.1. The maximum Gasteiger partial charge on any atom is 0.326 e. The zero-order chi connectivity index (χ0) is 27.5. The minimum atomic E-state index is -1.41. The van der Waals surface area contributed by atoms with Gasteiger partial charge in [0.2, 0.25) is 17.7 Å². The lowest BCUT2D eigenvalue weighted by molar-refractivity contribution is -0.143. The number of benzene rings is 1. The summed E-state index contributed by atoms with van der Waals surface area (Å²) in [6.07, 6.45) is 1.94. The molecule has 5 atom stereocenters. The summed E-state index contributed by atoms with van der Waals surface area (Å²) in [6.45, 7) is 4.97. The van der Waals surface area contributed by atoms with Crippen molar-refractivity contribution in [1.82, 2.24) is 25.9 Å². The molecule has 202 valence electrons. The molecule has 0 fully saturated rings. The van der Waals surface area contributed by atoms with Gasteiger partial charge >= 0.3 is 5.97 Å². The molecular formula is C25H36N6O6. The molecule has 8 N–H and O–H groups in total. The molecule has 1 aromatic heterocycles. The number of nitrogens with two attached hydrogens (primary N) is 1. The monoisotopic (exact) mass is 516 g/mol. The lowest BCUT2D eigenvalue weighted by Crippen LogP contribution is -2.60. The van der Waals surface area contributed by atoms with Crippen molar-refractivity contribution in [2.75, 3.05) is 0 Å². The van der Waals surface area contributed by atoms with Gasteiger partial charge in [0, 0.05) is 18.3 Å². The zero-order valence-corrected chi connectivity index (χ0v) is 21.2. The summed E-state index contributed by atoms with van der Waals surface area (Å²) in [5.74, 6) is -3.41. The maximum absolute atomic E-state index is 13.1. The molecule has 1 heterocycles. The van der Waals surface area contributed by atoms with Gasteiger partial charge in [0.1, 0.15) is 18.1 Å². The molecule has 2 rings (SSSR count). The van der Waals surface area contributed by atoms with E-state index in [4.69, 9.17) is 5.73 Å². The van der Waals surface area contributed by atoms with Crippen molar-refractivity contribution < 1.29 is 29.4 Å². The van der Waals surface area contributed by atoms with Gasteiger partial charge in [-0.05, 0) is 31.2 Å². The van der Waals surface area contributed by atoms with Gasteiger partial charge in [-0.25, -0.2) is 9.78 Å². The fraction of sp³-hybridized carbons (Fsp3) is 0.480. The normalized spacial score (nSPS) is 15.2. The van der Waals surface area contributed by atoms with Crippen molar-refractivity contribution in [2.24, 2.45) is 11.7 Å². The summed E-state index contributed by atoms with van der Waals surface area (Å²) in [5.41, 5.74) is 7.34. The average molecular weight is 517 g/mol. The average Bonchev–Trinajstić information content (AvgIpc) is 3.34. The summed E-state index contributed by atoms with van der Waals surface area (Å²) in [6, 6.07) is 4.34. The largest absolute Gasteiger partial charge is 0.480 e. The van der Waals surface area contributed by atoms with Crippen LogP contribution in [-0.4, -0.2) is 74.1 Å². The molecule has 0 saturated carbocycles. The van der Waals surface area contributed by atoms with Crippen LogP contribution in [0.3, 0.4) is 0 Å². The highest BCUT2D eigenvalue weighted by Gasteiger charge is 2.33. The third-order valence-electron chi connectivity index (χ3n) is 5.63. The van der Waals surface area contributed by atoms with Crippen molar-refractivity contribution in [3.05, 3.63) is 54.1 Å². The minimum absolute atomic E-state index is 0.00280. The Labute approximate surface area is 215 Å². The SMILES string of the molecule is CC(C)CC(NC(=O)C(Cc1cnc[nH]1)NC(=O)C(NC(=O)C(N)Cc1ccccc1)C(C)O)C(=O)O. The first-order valence-corrected chi connectivity index (χ1v) is 12.1. The van der Waals surface area contributed by atoms with E-state index in [1.807, 2.05) is 44.2 Å². The molecule has 3 amide bonds. The number of hydrogen-bond donors (Lipinski definition) is 7. The number of carboxylic acids is 1. The van der Waals surface area contributed by atoms with Crippen LogP contribution in [0.15, 0.2) is 42.9 Å². The van der Waals surface area contributed by atoms with Crippen molar-refractivity contribution in [2.45, 2.75) is 70.3 Å². The molecule has 0 aliphatic heterocycles. The lowest BCUT2D eigenvalue weighted by atomic mass is 10.0. The first-order chi connectivity index (χ1) is 17.5. The Balaban J connectivity index is 2.14. The van der Waals surface area contributed by atoms with Gasteiger partial charge in [0.25, 0.3) is 0 Å². The Kier molecular flexibility index (Phi) is 11.2. The molecule has 1 aromatic carbocycles. The molecule has 0 bridgehead atoms. The Hall–Kier alpha value is -3.77. The van der Waals surface area contributed by atoms with Crippen LogP contribution in [0.5, 0.6) is 0 Å². The molecule has 0 saturated heterocycles. The molecule has 0 spiro atoms. The van der Waals surface area contributed by atoms with E-state index in [-0.39, 0.29) is 25.2 Å². The number of aliphatic hydroxyl groups excluding tert-OH is 1. The standard InChI is InChI=1S/C25H36N6O6/c1-14(2)9-20(25(36)37)30-23(34)19(11-17-12-27-13-28-17)29-24(35)21(15(3)32)31-22(33)18(26)10-16-7-5-4-6-8-16/h4-8,12-15,18-21,32H,9-11,26H2,1-3H3,(H,27,28)(H,29,35)(H,30,34)(H,31,33)(H,36,37). The second-order valence-electron chi connectivity index (χ2n) is 9.39. The number of hydrogen-bond acceptors (Lipinski definition) is 7. The van der Waals surface area contributed by atoms with E-state index in [1.54, 1.807) is 0 Å². The van der Waals surface area contributed by atoms with E-state index in [9.17, 15) is 29.4 Å². The van der Waals surface area contributed by atoms with Gasteiger partial charge < -0.3 is 36.9 Å². The van der Waals surface area contributed by atoms with Gasteiger partial charge in [-0.15, -0.1) is 0 Å². The molecule has 5 unspecified atom stereocenters. The van der Waals surface area contributed by atoms with E-state index in [0.29, 0.717) is 5.69 Å². The Bertz CT molecular complexity index is 1030. The quantitative estimate of drug-likeness (QED) is 0.174. The molecule has 12 heteroatoms. The number of aliphatic hydroxyl groups is 1. The highest BCUT2D eigenvalue weighted by atomic mass is 16.4. The number of H-pyrrole nitrogens is 1. The number of carbonyl (C=O) groups is 4. The number of nitrogens with one attached hydrogen (secondary N) is 4. The topological polar surface area (TPSA) is 200 Å². The summed E-state index contributed by atoms with van der Waals surface area (Å²) in [4.78, 5) is 57.2. The highest BCUT2D eigenvalue weighted by Crippen LogP contribution is 2.08. The smallest absolute Gasteiger partial charge is 0.326 e. The zero-order valence-electron chi connectivity index (χ0n) is 21.2. The van der Waals surface area contributed by atoms with E-state index in [0.717, 1.165) is 5.56 Å². The molecule has 0 radical (unpaired) electrons. The highest BCUT2D eigenvalue weighted by molar-refractivity contribution is 5.94. The van der Waals surface area contributed by atoms with E-state index < -0.39 is 54.0 Å². The van der Waals surface area contributed by atoms with Crippen molar-refractivity contribution >= 4 is 23.7 Å². The van der Waals surface area contributed by atoms with Crippen LogP contribution in [0.2, 0.25) is 0 Å². The first kappa shape index (κ1) is 29.5. The number of aromatic amines is 1. The number of aromatic nitrogens is 2. The molecule has 0 aliphatic carbocycles. The molecule has 2 aromatic rings. The Morgan fingerprint density at radius 3 is 2.14 bits per heavy atom. The number of nitrogens with zero attached hydrogens (tertiary/aromatic N) is 1. The number of imidazole rings is 1. The summed E-state index contributed by atoms with van der Waals surface area (Å²) in [5, 5.41) is 27.2.